The second kappa shape index (κ2) is 8.00. The number of carbonyl (C=O) groups excluding carboxylic acids is 2. The van der Waals surface area contributed by atoms with Crippen molar-refractivity contribution in [3.63, 3.8) is 0 Å². The second-order valence-corrected chi connectivity index (χ2v) is 5.54. The fourth-order valence-corrected chi connectivity index (χ4v) is 2.58. The molecule has 0 unspecified atom stereocenters. The lowest BCUT2D eigenvalue weighted by Gasteiger charge is -2.32. The first-order chi connectivity index (χ1) is 10.6. The zero-order valence-corrected chi connectivity index (χ0v) is 13.3. The van der Waals surface area contributed by atoms with Gasteiger partial charge in [-0.05, 0) is 18.2 Å². The van der Waals surface area contributed by atoms with Crippen LogP contribution in [0.3, 0.4) is 0 Å². The number of rotatable bonds is 6. The van der Waals surface area contributed by atoms with E-state index in [4.69, 9.17) is 16.3 Å². The van der Waals surface area contributed by atoms with Gasteiger partial charge in [-0.1, -0.05) is 11.6 Å². The highest BCUT2D eigenvalue weighted by Crippen LogP contribution is 2.27. The van der Waals surface area contributed by atoms with Crippen LogP contribution in [0.1, 0.15) is 6.42 Å². The van der Waals surface area contributed by atoms with E-state index in [-0.39, 0.29) is 5.91 Å². The maximum absolute atomic E-state index is 12.0. The normalized spacial score (nSPS) is 15.5. The lowest BCUT2D eigenvalue weighted by molar-refractivity contribution is -0.120. The van der Waals surface area contributed by atoms with E-state index >= 15 is 0 Å². The van der Waals surface area contributed by atoms with Gasteiger partial charge in [0, 0.05) is 44.8 Å². The number of benzene rings is 1. The topological polar surface area (TPSA) is 61.9 Å². The van der Waals surface area contributed by atoms with Gasteiger partial charge in [0.25, 0.3) is 0 Å². The highest BCUT2D eigenvalue weighted by molar-refractivity contribution is 6.32. The molecule has 1 aromatic carbocycles. The van der Waals surface area contributed by atoms with Crippen LogP contribution in [0.5, 0.6) is 5.75 Å². The Labute approximate surface area is 135 Å². The molecule has 2 rings (SSSR count). The van der Waals surface area contributed by atoms with Gasteiger partial charge in [-0.15, -0.1) is 0 Å². The van der Waals surface area contributed by atoms with Crippen LogP contribution in [-0.2, 0) is 9.59 Å². The van der Waals surface area contributed by atoms with Gasteiger partial charge in [0.2, 0.25) is 12.3 Å². The van der Waals surface area contributed by atoms with Crippen molar-refractivity contribution in [1.82, 2.24) is 9.80 Å². The third kappa shape index (κ3) is 4.61. The number of nitrogens with one attached hydrogen (secondary N) is 1. The summed E-state index contributed by atoms with van der Waals surface area (Å²) in [5.41, 5.74) is 0.654. The van der Waals surface area contributed by atoms with Crippen molar-refractivity contribution in [2.75, 3.05) is 45.2 Å². The lowest BCUT2D eigenvalue weighted by Crippen LogP contribution is -2.46. The number of anilines is 1. The Morgan fingerprint density at radius 2 is 2.09 bits per heavy atom. The van der Waals surface area contributed by atoms with Crippen LogP contribution in [0.15, 0.2) is 18.2 Å². The standard InChI is InChI=1S/C15H20ClN3O3/c1-22-14-3-2-12(10-13(14)16)17-15(21)4-5-18-6-8-19(11-20)9-7-18/h2-3,10-11H,4-9H2,1H3,(H,17,21). The molecule has 0 aromatic heterocycles. The van der Waals surface area contributed by atoms with Crippen LogP contribution in [0.2, 0.25) is 5.02 Å². The van der Waals surface area contributed by atoms with E-state index < -0.39 is 0 Å². The summed E-state index contributed by atoms with van der Waals surface area (Å²) in [5.74, 6) is 0.520. The maximum Gasteiger partial charge on any atom is 0.225 e. The molecule has 22 heavy (non-hydrogen) atoms. The molecule has 1 aliphatic heterocycles. The first kappa shape index (κ1) is 16.6. The minimum absolute atomic E-state index is 0.0564. The monoisotopic (exact) mass is 325 g/mol. The number of piperazine rings is 1. The zero-order chi connectivity index (χ0) is 15.9. The molecule has 0 radical (unpaired) electrons. The predicted molar refractivity (Wildman–Crippen MR) is 85.3 cm³/mol. The van der Waals surface area contributed by atoms with Crippen molar-refractivity contribution >= 4 is 29.6 Å². The molecule has 6 nitrogen and oxygen atoms in total. The third-order valence-electron chi connectivity index (χ3n) is 3.65. The number of hydrogen-bond acceptors (Lipinski definition) is 4. The SMILES string of the molecule is COc1ccc(NC(=O)CCN2CCN(C=O)CC2)cc1Cl. The molecule has 0 saturated carbocycles. The fraction of sp³-hybridized carbons (Fsp3) is 0.467. The Bertz CT molecular complexity index is 531. The average Bonchev–Trinajstić information content (AvgIpc) is 2.53. The number of hydrogen-bond donors (Lipinski definition) is 1. The van der Waals surface area contributed by atoms with E-state index in [1.165, 1.54) is 0 Å². The molecule has 120 valence electrons. The minimum Gasteiger partial charge on any atom is -0.495 e. The third-order valence-corrected chi connectivity index (χ3v) is 3.94. The second-order valence-electron chi connectivity index (χ2n) is 5.13. The van der Waals surface area contributed by atoms with Crippen molar-refractivity contribution in [3.05, 3.63) is 23.2 Å². The average molecular weight is 326 g/mol. The van der Waals surface area contributed by atoms with E-state index in [9.17, 15) is 9.59 Å². The van der Waals surface area contributed by atoms with Gasteiger partial charge in [0.1, 0.15) is 5.75 Å². The Balaban J connectivity index is 1.76. The summed E-state index contributed by atoms with van der Waals surface area (Å²) in [5, 5.41) is 3.28. The van der Waals surface area contributed by atoms with Crippen LogP contribution in [0.25, 0.3) is 0 Å². The molecule has 1 aromatic rings. The van der Waals surface area contributed by atoms with Crippen molar-refractivity contribution < 1.29 is 14.3 Å². The van der Waals surface area contributed by atoms with Gasteiger partial charge in [-0.2, -0.15) is 0 Å². The van der Waals surface area contributed by atoms with Crippen LogP contribution in [0, 0.1) is 0 Å². The molecule has 1 N–H and O–H groups in total. The Morgan fingerprint density at radius 3 is 2.68 bits per heavy atom. The van der Waals surface area contributed by atoms with Crippen LogP contribution >= 0.6 is 11.6 Å². The largest absolute Gasteiger partial charge is 0.495 e. The van der Waals surface area contributed by atoms with Gasteiger partial charge < -0.3 is 15.0 Å². The molecule has 1 fully saturated rings. The van der Waals surface area contributed by atoms with Crippen molar-refractivity contribution in [1.29, 1.82) is 0 Å². The van der Waals surface area contributed by atoms with Crippen molar-refractivity contribution in [3.8, 4) is 5.75 Å². The predicted octanol–water partition coefficient (Wildman–Crippen LogP) is 1.45. The number of nitrogens with zero attached hydrogens (tertiary/aromatic N) is 2. The molecule has 1 heterocycles. The van der Waals surface area contributed by atoms with Crippen LogP contribution in [-0.4, -0.2) is 62.0 Å². The van der Waals surface area contributed by atoms with Crippen molar-refractivity contribution in [2.24, 2.45) is 0 Å². The first-order valence-corrected chi connectivity index (χ1v) is 7.55. The van der Waals surface area contributed by atoms with E-state index in [2.05, 4.69) is 10.2 Å². The smallest absolute Gasteiger partial charge is 0.225 e. The Hall–Kier alpha value is -1.79. The molecule has 0 bridgehead atoms. The summed E-state index contributed by atoms with van der Waals surface area (Å²) < 4.78 is 5.07. The molecule has 2 amide bonds. The molecular weight excluding hydrogens is 306 g/mol. The fourth-order valence-electron chi connectivity index (χ4n) is 2.32. The number of amides is 2. The Kier molecular flexibility index (Phi) is 6.03. The summed E-state index contributed by atoms with van der Waals surface area (Å²) in [7, 11) is 1.55. The zero-order valence-electron chi connectivity index (χ0n) is 12.5. The first-order valence-electron chi connectivity index (χ1n) is 7.17. The number of ether oxygens (including phenoxy) is 1. The minimum atomic E-state index is -0.0564. The lowest BCUT2D eigenvalue weighted by atomic mass is 10.2. The summed E-state index contributed by atoms with van der Waals surface area (Å²) in [6, 6.07) is 5.14. The number of methoxy groups -OCH3 is 1. The molecule has 0 spiro atoms. The highest BCUT2D eigenvalue weighted by Gasteiger charge is 2.16. The van der Waals surface area contributed by atoms with Crippen LogP contribution < -0.4 is 10.1 Å². The van der Waals surface area contributed by atoms with E-state index in [1.807, 2.05) is 0 Å². The number of halogens is 1. The van der Waals surface area contributed by atoms with Gasteiger partial charge >= 0.3 is 0 Å². The van der Waals surface area contributed by atoms with Gasteiger partial charge in [0.05, 0.1) is 12.1 Å². The molecular formula is C15H20ClN3O3. The van der Waals surface area contributed by atoms with Gasteiger partial charge in [0.15, 0.2) is 0 Å². The molecule has 0 atom stereocenters. The summed E-state index contributed by atoms with van der Waals surface area (Å²) in [6.45, 7) is 3.74. The molecule has 1 aliphatic rings. The van der Waals surface area contributed by atoms with E-state index in [0.717, 1.165) is 32.6 Å². The summed E-state index contributed by atoms with van der Waals surface area (Å²) >= 11 is 6.02. The number of carbonyl (C=O) groups is 2. The van der Waals surface area contributed by atoms with E-state index in [0.29, 0.717) is 29.4 Å². The van der Waals surface area contributed by atoms with Crippen molar-refractivity contribution in [2.45, 2.75) is 6.42 Å². The highest BCUT2D eigenvalue weighted by atomic mass is 35.5. The van der Waals surface area contributed by atoms with Gasteiger partial charge in [-0.3, -0.25) is 14.5 Å². The summed E-state index contributed by atoms with van der Waals surface area (Å²) in [6.07, 6.45) is 1.28. The van der Waals surface area contributed by atoms with E-state index in [1.54, 1.807) is 30.2 Å². The summed E-state index contributed by atoms with van der Waals surface area (Å²) in [4.78, 5) is 26.5. The maximum atomic E-state index is 12.0. The molecule has 7 heteroatoms. The molecule has 0 aliphatic carbocycles. The molecule has 1 saturated heterocycles. The quantitative estimate of drug-likeness (QED) is 0.804. The van der Waals surface area contributed by atoms with Gasteiger partial charge in [-0.25, -0.2) is 0 Å². The van der Waals surface area contributed by atoms with Crippen LogP contribution in [0.4, 0.5) is 5.69 Å². The Morgan fingerprint density at radius 1 is 1.36 bits per heavy atom.